The smallest absolute Gasteiger partial charge is 0.318 e. The topological polar surface area (TPSA) is 34.9 Å². The molecule has 0 bridgehead atoms. The van der Waals surface area contributed by atoms with Crippen LogP contribution in [0.25, 0.3) is 6.08 Å². The van der Waals surface area contributed by atoms with E-state index in [0.29, 0.717) is 0 Å². The molecule has 1 atom stereocenters. The highest BCUT2D eigenvalue weighted by molar-refractivity contribution is 5.66. The summed E-state index contributed by atoms with van der Waals surface area (Å²) in [5.74, 6) is 0.858. The third-order valence-corrected chi connectivity index (χ3v) is 1.60. The van der Waals surface area contributed by atoms with Crippen LogP contribution in [0.3, 0.4) is 0 Å². The van der Waals surface area contributed by atoms with Gasteiger partial charge in [-0.2, -0.15) is 0 Å². The van der Waals surface area contributed by atoms with Crippen molar-refractivity contribution in [3.63, 3.8) is 0 Å². The molecule has 0 saturated heterocycles. The maximum Gasteiger partial charge on any atom is 1.00 e. The summed E-state index contributed by atoms with van der Waals surface area (Å²) in [6.45, 7) is 0. The van der Waals surface area contributed by atoms with E-state index in [0.717, 1.165) is 12.1 Å². The van der Waals surface area contributed by atoms with Crippen molar-refractivity contribution in [2.75, 3.05) is 0 Å². The maximum absolute atomic E-state index is 10.4. The Labute approximate surface area is 59.5 Å². The minimum atomic E-state index is -0.127. The number of nitrogens with zero attached hydrogens (tertiary/aromatic N) is 2. The predicted molar refractivity (Wildman–Crippen MR) is 37.5 cm³/mol. The summed E-state index contributed by atoms with van der Waals surface area (Å²) in [5, 5.41) is 0. The van der Waals surface area contributed by atoms with Gasteiger partial charge in [0.1, 0.15) is 18.2 Å². The van der Waals surface area contributed by atoms with Gasteiger partial charge in [-0.05, 0) is 6.08 Å². The van der Waals surface area contributed by atoms with Crippen LogP contribution >= 0.6 is 0 Å². The average molecular weight is 135 g/mol. The summed E-state index contributed by atoms with van der Waals surface area (Å²) in [7, 11) is 0. The van der Waals surface area contributed by atoms with E-state index in [4.69, 9.17) is 0 Å². The Hall–Kier alpha value is -1.38. The van der Waals surface area contributed by atoms with Crippen molar-refractivity contribution < 1.29 is 6.22 Å². The number of carbonyl (C=O) groups excluding carboxylic acids is 1. The predicted octanol–water partition coefficient (Wildman–Crippen LogP) is 0.762. The van der Waals surface area contributed by atoms with Crippen LogP contribution in [-0.4, -0.2) is 15.8 Å². The van der Waals surface area contributed by atoms with Crippen molar-refractivity contribution in [1.29, 1.82) is 0 Å². The highest BCUT2D eigenvalue weighted by Crippen LogP contribution is 2.17. The third-order valence-electron chi connectivity index (χ3n) is 1.60. The lowest BCUT2D eigenvalue weighted by molar-refractivity contribution is -0.109. The van der Waals surface area contributed by atoms with E-state index in [2.05, 4.69) is 4.98 Å². The Bertz CT molecular complexity index is 292. The molecule has 0 amide bonds. The van der Waals surface area contributed by atoms with Crippen molar-refractivity contribution in [3.05, 3.63) is 24.3 Å². The Morgan fingerprint density at radius 3 is 3.50 bits per heavy atom. The maximum atomic E-state index is 10.4. The van der Waals surface area contributed by atoms with Crippen LogP contribution < -0.4 is 0 Å². The van der Waals surface area contributed by atoms with E-state index in [9.17, 15) is 4.79 Å². The molecule has 10 heavy (non-hydrogen) atoms. The van der Waals surface area contributed by atoms with Gasteiger partial charge in [0.25, 0.3) is 0 Å². The Kier molecular flexibility index (Phi) is 0.974. The molecule has 0 aliphatic carbocycles. The molecule has 2 rings (SSSR count). The molecule has 3 heteroatoms. The van der Waals surface area contributed by atoms with Crippen molar-refractivity contribution in [2.24, 2.45) is 0 Å². The second-order valence-corrected chi connectivity index (χ2v) is 2.18. The van der Waals surface area contributed by atoms with E-state index in [1.165, 1.54) is 0 Å². The standard InChI is InChI=1S/C7H6N2O/c10-5-6-1-2-7-8-3-4-9(6)7/h1-6H/p+1. The fraction of sp³-hybridized carbons (Fsp3) is 0.143. The fourth-order valence-corrected chi connectivity index (χ4v) is 1.09. The summed E-state index contributed by atoms with van der Waals surface area (Å²) in [6, 6.07) is -0.127. The first-order chi connectivity index (χ1) is 4.92. The highest BCUT2D eigenvalue weighted by atomic mass is 16.1. The molecule has 0 aromatic carbocycles. The van der Waals surface area contributed by atoms with Crippen LogP contribution in [-0.2, 0) is 4.79 Å². The quantitative estimate of drug-likeness (QED) is 0.533. The van der Waals surface area contributed by atoms with Gasteiger partial charge in [-0.15, -0.1) is 0 Å². The second kappa shape index (κ2) is 1.80. The molecule has 1 aromatic rings. The lowest BCUT2D eigenvalue weighted by atomic mass is 10.3. The van der Waals surface area contributed by atoms with Gasteiger partial charge in [0.15, 0.2) is 0 Å². The normalized spacial score (nSPS) is 21.0. The minimum absolute atomic E-state index is 0. The molecule has 1 aromatic heterocycles. The van der Waals surface area contributed by atoms with E-state index < -0.39 is 0 Å². The van der Waals surface area contributed by atoms with Crippen LogP contribution in [0, 0.1) is 0 Å². The monoisotopic (exact) mass is 135 g/mol. The zero-order valence-electron chi connectivity index (χ0n) is 6.27. The van der Waals surface area contributed by atoms with Crippen molar-refractivity contribution in [3.8, 4) is 0 Å². The van der Waals surface area contributed by atoms with Gasteiger partial charge in [0.2, 0.25) is 0 Å². The van der Waals surface area contributed by atoms with Crippen LogP contribution in [0.4, 0.5) is 0 Å². The first-order valence-corrected chi connectivity index (χ1v) is 3.08. The summed E-state index contributed by atoms with van der Waals surface area (Å²) < 4.78 is 1.83. The Morgan fingerprint density at radius 2 is 2.70 bits per heavy atom. The Balaban J connectivity index is 0.000000605. The molecule has 0 saturated carbocycles. The largest absolute Gasteiger partial charge is 1.00 e. The molecule has 1 aliphatic heterocycles. The van der Waals surface area contributed by atoms with Crippen molar-refractivity contribution in [1.82, 2.24) is 9.55 Å². The average Bonchev–Trinajstić information content (AvgIpc) is 2.44. The second-order valence-electron chi connectivity index (χ2n) is 2.18. The molecule has 0 radical (unpaired) electrons. The summed E-state index contributed by atoms with van der Waals surface area (Å²) in [6.07, 6.45) is 8.06. The first kappa shape index (κ1) is 5.41. The highest BCUT2D eigenvalue weighted by Gasteiger charge is 2.13. The van der Waals surface area contributed by atoms with Gasteiger partial charge < -0.3 is 9.36 Å². The first-order valence-electron chi connectivity index (χ1n) is 3.08. The SMILES string of the molecule is O=CC1C=Cc2nccn21.[H+]. The van der Waals surface area contributed by atoms with Gasteiger partial charge in [-0.1, -0.05) is 6.08 Å². The molecule has 2 heterocycles. The fourth-order valence-electron chi connectivity index (χ4n) is 1.09. The number of fused-ring (bicyclic) bond motifs is 1. The van der Waals surface area contributed by atoms with Gasteiger partial charge in [0.05, 0.1) is 0 Å². The number of hydrogen-bond acceptors (Lipinski definition) is 2. The van der Waals surface area contributed by atoms with Crippen LogP contribution in [0.15, 0.2) is 18.5 Å². The molecule has 0 spiro atoms. The van der Waals surface area contributed by atoms with E-state index >= 15 is 0 Å². The number of aromatic nitrogens is 2. The lowest BCUT2D eigenvalue weighted by Gasteiger charge is -2.00. The van der Waals surface area contributed by atoms with Gasteiger partial charge in [-0.25, -0.2) is 4.98 Å². The van der Waals surface area contributed by atoms with E-state index in [1.807, 2.05) is 16.7 Å². The van der Waals surface area contributed by atoms with Gasteiger partial charge in [0, 0.05) is 12.4 Å². The zero-order chi connectivity index (χ0) is 6.97. The molecular formula is C7H7N2O+. The number of rotatable bonds is 1. The van der Waals surface area contributed by atoms with Gasteiger partial charge in [-0.3, -0.25) is 0 Å². The van der Waals surface area contributed by atoms with Gasteiger partial charge >= 0.3 is 1.43 Å². The third kappa shape index (κ3) is 0.543. The van der Waals surface area contributed by atoms with E-state index in [-0.39, 0.29) is 7.47 Å². The summed E-state index contributed by atoms with van der Waals surface area (Å²) >= 11 is 0. The molecule has 3 nitrogen and oxygen atoms in total. The number of hydrogen-bond donors (Lipinski definition) is 0. The van der Waals surface area contributed by atoms with Crippen LogP contribution in [0.2, 0.25) is 0 Å². The van der Waals surface area contributed by atoms with Crippen LogP contribution in [0.5, 0.6) is 0 Å². The molecular weight excluding hydrogens is 128 g/mol. The molecule has 1 aliphatic rings. The molecule has 0 fully saturated rings. The molecule has 0 N–H and O–H groups in total. The summed E-state index contributed by atoms with van der Waals surface area (Å²) in [4.78, 5) is 14.4. The van der Waals surface area contributed by atoms with Crippen molar-refractivity contribution in [2.45, 2.75) is 6.04 Å². The summed E-state index contributed by atoms with van der Waals surface area (Å²) in [5.41, 5.74) is 0. The molecule has 1 unspecified atom stereocenters. The number of carbonyl (C=O) groups is 1. The lowest BCUT2D eigenvalue weighted by Crippen LogP contribution is -2.02. The zero-order valence-corrected chi connectivity index (χ0v) is 5.27. The van der Waals surface area contributed by atoms with Crippen LogP contribution in [0.1, 0.15) is 13.3 Å². The minimum Gasteiger partial charge on any atom is -0.318 e. The van der Waals surface area contributed by atoms with E-state index in [1.54, 1.807) is 12.4 Å². The van der Waals surface area contributed by atoms with Crippen molar-refractivity contribution >= 4 is 12.4 Å². The molecule has 50 valence electrons. The number of imidazole rings is 1. The number of aldehydes is 1. The Morgan fingerprint density at radius 1 is 1.80 bits per heavy atom. The number of allylic oxidation sites excluding steroid dienone is 1.